The number of carbonyl (C=O) groups excluding carboxylic acids is 1. The number of hydrogen-bond donors (Lipinski definition) is 2. The number of aromatic nitrogens is 6. The lowest BCUT2D eigenvalue weighted by molar-refractivity contribution is 0.177. The summed E-state index contributed by atoms with van der Waals surface area (Å²) in [5.74, 6) is 0.923. The molecule has 0 bridgehead atoms. The summed E-state index contributed by atoms with van der Waals surface area (Å²) in [7, 11) is 0. The van der Waals surface area contributed by atoms with Crippen LogP contribution in [-0.2, 0) is 6.54 Å². The zero-order valence-electron chi connectivity index (χ0n) is 17.2. The SMILES string of the molecule is CCN(CC)C(=O)n1c(=O)[nH]c(=O)c2ncn(C3CCN(Cc4ncc[nH]4)CC3)c21. The van der Waals surface area contributed by atoms with Crippen molar-refractivity contribution in [3.63, 3.8) is 0 Å². The Morgan fingerprint density at radius 1 is 1.20 bits per heavy atom. The summed E-state index contributed by atoms with van der Waals surface area (Å²) in [5, 5.41) is 0. The second-order valence-electron chi connectivity index (χ2n) is 7.42. The van der Waals surface area contributed by atoms with Crippen molar-refractivity contribution >= 4 is 17.2 Å². The van der Waals surface area contributed by atoms with Crippen LogP contribution in [0.2, 0.25) is 0 Å². The van der Waals surface area contributed by atoms with E-state index >= 15 is 0 Å². The fourth-order valence-corrected chi connectivity index (χ4v) is 4.08. The third kappa shape index (κ3) is 3.56. The van der Waals surface area contributed by atoms with Gasteiger partial charge in [0.05, 0.1) is 12.9 Å². The fourth-order valence-electron chi connectivity index (χ4n) is 4.08. The second-order valence-corrected chi connectivity index (χ2v) is 7.42. The molecule has 1 fully saturated rings. The summed E-state index contributed by atoms with van der Waals surface area (Å²) >= 11 is 0. The van der Waals surface area contributed by atoms with Crippen molar-refractivity contribution in [3.05, 3.63) is 45.4 Å². The molecule has 2 N–H and O–H groups in total. The third-order valence-corrected chi connectivity index (χ3v) is 5.72. The van der Waals surface area contributed by atoms with Gasteiger partial charge in [-0.25, -0.2) is 19.6 Å². The lowest BCUT2D eigenvalue weighted by Crippen LogP contribution is -2.43. The van der Waals surface area contributed by atoms with Crippen LogP contribution in [0.1, 0.15) is 38.6 Å². The Morgan fingerprint density at radius 3 is 2.57 bits per heavy atom. The number of amides is 1. The quantitative estimate of drug-likeness (QED) is 0.635. The molecule has 1 aliphatic heterocycles. The average Bonchev–Trinajstić information content (AvgIpc) is 3.40. The molecule has 0 unspecified atom stereocenters. The van der Waals surface area contributed by atoms with Gasteiger partial charge in [0, 0.05) is 44.6 Å². The molecule has 0 atom stereocenters. The number of nitrogens with one attached hydrogen (secondary N) is 2. The normalized spacial score (nSPS) is 15.7. The van der Waals surface area contributed by atoms with Gasteiger partial charge in [-0.2, -0.15) is 4.57 Å². The molecule has 1 aliphatic rings. The predicted molar refractivity (Wildman–Crippen MR) is 110 cm³/mol. The number of H-pyrrole nitrogens is 2. The lowest BCUT2D eigenvalue weighted by atomic mass is 10.0. The molecule has 0 radical (unpaired) electrons. The highest BCUT2D eigenvalue weighted by Crippen LogP contribution is 2.26. The number of nitrogens with zero attached hydrogens (tertiary/aromatic N) is 6. The van der Waals surface area contributed by atoms with Crippen LogP contribution < -0.4 is 11.2 Å². The second kappa shape index (κ2) is 8.27. The van der Waals surface area contributed by atoms with Crippen LogP contribution in [0.3, 0.4) is 0 Å². The lowest BCUT2D eigenvalue weighted by Gasteiger charge is -2.32. The van der Waals surface area contributed by atoms with Crippen LogP contribution in [0, 0.1) is 0 Å². The molecular weight excluding hydrogens is 388 g/mol. The summed E-state index contributed by atoms with van der Waals surface area (Å²) in [6, 6.07) is -0.414. The highest BCUT2D eigenvalue weighted by atomic mass is 16.2. The van der Waals surface area contributed by atoms with E-state index in [0.717, 1.165) is 42.9 Å². The minimum absolute atomic E-state index is 0.0415. The van der Waals surface area contributed by atoms with Crippen molar-refractivity contribution in [1.29, 1.82) is 0 Å². The highest BCUT2D eigenvalue weighted by Gasteiger charge is 2.27. The maximum Gasteiger partial charge on any atom is 0.338 e. The van der Waals surface area contributed by atoms with Gasteiger partial charge in [-0.3, -0.25) is 14.7 Å². The van der Waals surface area contributed by atoms with Gasteiger partial charge in [0.25, 0.3) is 5.56 Å². The topological polar surface area (TPSA) is 125 Å². The van der Waals surface area contributed by atoms with Crippen molar-refractivity contribution in [2.75, 3.05) is 26.2 Å². The van der Waals surface area contributed by atoms with Crippen LogP contribution in [0.25, 0.3) is 11.2 Å². The van der Waals surface area contributed by atoms with E-state index in [9.17, 15) is 14.4 Å². The number of imidazole rings is 2. The molecule has 0 aromatic carbocycles. The monoisotopic (exact) mass is 414 g/mol. The molecule has 0 aliphatic carbocycles. The van der Waals surface area contributed by atoms with Gasteiger partial charge in [0.1, 0.15) is 5.82 Å². The number of fused-ring (bicyclic) bond motifs is 1. The van der Waals surface area contributed by atoms with Gasteiger partial charge in [-0.1, -0.05) is 0 Å². The molecule has 3 aromatic rings. The largest absolute Gasteiger partial charge is 0.348 e. The highest BCUT2D eigenvalue weighted by molar-refractivity contribution is 5.86. The van der Waals surface area contributed by atoms with Crippen molar-refractivity contribution in [1.82, 2.24) is 38.9 Å². The molecule has 4 rings (SSSR count). The molecule has 160 valence electrons. The number of rotatable bonds is 5. The van der Waals surface area contributed by atoms with Gasteiger partial charge >= 0.3 is 11.7 Å². The molecule has 0 saturated carbocycles. The van der Waals surface area contributed by atoms with Crippen molar-refractivity contribution in [2.24, 2.45) is 0 Å². The van der Waals surface area contributed by atoms with Gasteiger partial charge < -0.3 is 14.5 Å². The van der Waals surface area contributed by atoms with E-state index < -0.39 is 17.3 Å². The standard InChI is InChI=1S/C19H26N8O3/c1-3-25(4-2)19(30)27-17-15(16(28)23-18(27)29)22-12-26(17)13-5-9-24(10-6-13)11-14-20-7-8-21-14/h7-8,12-13H,3-6,9-11H2,1-2H3,(H,20,21)(H,23,28,29). The Hall–Kier alpha value is -3.21. The molecule has 3 aromatic heterocycles. The summed E-state index contributed by atoms with van der Waals surface area (Å²) in [6.07, 6.45) is 6.74. The van der Waals surface area contributed by atoms with E-state index in [1.165, 1.54) is 0 Å². The summed E-state index contributed by atoms with van der Waals surface area (Å²) < 4.78 is 2.86. The van der Waals surface area contributed by atoms with E-state index in [1.54, 1.807) is 17.4 Å². The number of aromatic amines is 2. The van der Waals surface area contributed by atoms with E-state index in [2.05, 4.69) is 24.8 Å². The minimum atomic E-state index is -0.735. The van der Waals surface area contributed by atoms with Crippen LogP contribution >= 0.6 is 0 Å². The van der Waals surface area contributed by atoms with E-state index in [4.69, 9.17) is 0 Å². The minimum Gasteiger partial charge on any atom is -0.348 e. The number of piperidine rings is 1. The van der Waals surface area contributed by atoms with Crippen LogP contribution in [0.5, 0.6) is 0 Å². The molecule has 11 heteroatoms. The average molecular weight is 414 g/mol. The Morgan fingerprint density at radius 2 is 1.93 bits per heavy atom. The maximum atomic E-state index is 13.0. The first-order valence-corrected chi connectivity index (χ1v) is 10.2. The van der Waals surface area contributed by atoms with Gasteiger partial charge in [-0.05, 0) is 26.7 Å². The molecule has 11 nitrogen and oxygen atoms in total. The number of hydrogen-bond acceptors (Lipinski definition) is 6. The predicted octanol–water partition coefficient (Wildman–Crippen LogP) is 0.756. The van der Waals surface area contributed by atoms with E-state index in [1.807, 2.05) is 24.6 Å². The molecular formula is C19H26N8O3. The molecule has 1 saturated heterocycles. The van der Waals surface area contributed by atoms with E-state index in [0.29, 0.717) is 13.1 Å². The van der Waals surface area contributed by atoms with Gasteiger partial charge in [0.15, 0.2) is 11.2 Å². The summed E-state index contributed by atoms with van der Waals surface area (Å²) in [6.45, 7) is 7.03. The van der Waals surface area contributed by atoms with Gasteiger partial charge in [-0.15, -0.1) is 0 Å². The fraction of sp³-hybridized carbons (Fsp3) is 0.526. The number of likely N-dealkylation sites (tertiary alicyclic amines) is 1. The molecule has 4 heterocycles. The Balaban J connectivity index is 1.66. The third-order valence-electron chi connectivity index (χ3n) is 5.72. The molecule has 1 amide bonds. The summed E-state index contributed by atoms with van der Waals surface area (Å²) in [5.41, 5.74) is -0.938. The van der Waals surface area contributed by atoms with E-state index in [-0.39, 0.29) is 17.2 Å². The zero-order valence-corrected chi connectivity index (χ0v) is 17.2. The van der Waals surface area contributed by atoms with Crippen LogP contribution in [0.15, 0.2) is 28.3 Å². The van der Waals surface area contributed by atoms with Crippen molar-refractivity contribution in [2.45, 2.75) is 39.3 Å². The van der Waals surface area contributed by atoms with Crippen molar-refractivity contribution < 1.29 is 4.79 Å². The zero-order chi connectivity index (χ0) is 21.3. The number of carbonyl (C=O) groups is 1. The Labute approximate surface area is 172 Å². The maximum absolute atomic E-state index is 13.0. The summed E-state index contributed by atoms with van der Waals surface area (Å²) in [4.78, 5) is 55.6. The Bertz CT molecular complexity index is 1130. The van der Waals surface area contributed by atoms with Crippen molar-refractivity contribution in [3.8, 4) is 0 Å². The Kier molecular flexibility index (Phi) is 5.53. The first kappa shape index (κ1) is 20.1. The smallest absolute Gasteiger partial charge is 0.338 e. The van der Waals surface area contributed by atoms with Crippen LogP contribution in [0.4, 0.5) is 4.79 Å². The van der Waals surface area contributed by atoms with Gasteiger partial charge in [0.2, 0.25) is 0 Å². The first-order valence-electron chi connectivity index (χ1n) is 10.2. The molecule has 0 spiro atoms. The van der Waals surface area contributed by atoms with Crippen LogP contribution in [-0.4, -0.2) is 71.1 Å². The first-order chi connectivity index (χ1) is 14.5. The molecule has 30 heavy (non-hydrogen) atoms.